The molecule has 0 fully saturated rings. The summed E-state index contributed by atoms with van der Waals surface area (Å²) in [5.74, 6) is 0.493. The molecule has 178 valence electrons. The van der Waals surface area contributed by atoms with Crippen molar-refractivity contribution < 1.29 is 26.9 Å². The molecule has 3 aromatic heterocycles. The molecule has 0 aliphatic carbocycles. The van der Waals surface area contributed by atoms with E-state index in [0.717, 1.165) is 12.3 Å². The number of carbonyl (C=O) groups is 1. The van der Waals surface area contributed by atoms with Crippen LogP contribution in [0.1, 0.15) is 33.4 Å². The largest absolute Gasteiger partial charge is 0.443 e. The molecule has 1 amide bonds. The Morgan fingerprint density at radius 2 is 1.85 bits per heavy atom. The van der Waals surface area contributed by atoms with Crippen molar-refractivity contribution in [1.82, 2.24) is 19.5 Å². The number of alkyl halides is 3. The summed E-state index contributed by atoms with van der Waals surface area (Å²) in [7, 11) is 1.61. The first-order valence-corrected chi connectivity index (χ1v) is 11.3. The molecule has 3 rings (SSSR count). The lowest BCUT2D eigenvalue weighted by molar-refractivity contribution is -0.141. The smallest absolute Gasteiger partial charge is 0.433 e. The zero-order valence-corrected chi connectivity index (χ0v) is 19.8. The number of hydrogen-bond acceptors (Lipinski definition) is 6. The number of aryl methyl sites for hydroxylation is 1. The van der Waals surface area contributed by atoms with E-state index in [1.165, 1.54) is 18.1 Å². The van der Waals surface area contributed by atoms with Gasteiger partial charge in [0.1, 0.15) is 17.0 Å². The summed E-state index contributed by atoms with van der Waals surface area (Å²) in [6.45, 7) is 6.94. The Hall–Kier alpha value is -3.02. The van der Waals surface area contributed by atoms with Crippen molar-refractivity contribution in [3.05, 3.63) is 30.2 Å². The highest BCUT2D eigenvalue weighted by Gasteiger charge is 2.33. The van der Waals surface area contributed by atoms with Gasteiger partial charge in [0.2, 0.25) is 0 Å². The van der Waals surface area contributed by atoms with Gasteiger partial charge in [-0.05, 0) is 32.9 Å². The fraction of sp³-hybridized carbons (Fsp3) is 0.429. The number of pyridine rings is 2. The van der Waals surface area contributed by atoms with Crippen molar-refractivity contribution in [3.63, 3.8) is 0 Å². The van der Waals surface area contributed by atoms with Crippen LogP contribution in [-0.4, -0.2) is 48.2 Å². The average molecular weight is 484 g/mol. The van der Waals surface area contributed by atoms with Crippen molar-refractivity contribution in [2.24, 2.45) is 7.05 Å². The summed E-state index contributed by atoms with van der Waals surface area (Å²) in [5.41, 5.74) is -0.722. The number of amides is 1. The predicted octanol–water partition coefficient (Wildman–Crippen LogP) is 4.55. The fourth-order valence-electron chi connectivity index (χ4n) is 3.01. The van der Waals surface area contributed by atoms with E-state index in [1.54, 1.807) is 45.4 Å². The van der Waals surface area contributed by atoms with Crippen LogP contribution < -0.4 is 4.90 Å². The van der Waals surface area contributed by atoms with Crippen molar-refractivity contribution in [3.8, 4) is 11.5 Å². The van der Waals surface area contributed by atoms with E-state index < -0.39 is 34.4 Å². The van der Waals surface area contributed by atoms with Gasteiger partial charge in [0, 0.05) is 19.8 Å². The SMILES string of the molecule is CCS(=O)c1cc(N(C)C(=O)OC(C)(C)C)cnc1-c1nc2cc(C(F)(F)F)ncc2n1C. The van der Waals surface area contributed by atoms with Gasteiger partial charge in [0.05, 0.1) is 44.8 Å². The second kappa shape index (κ2) is 8.73. The van der Waals surface area contributed by atoms with Gasteiger partial charge >= 0.3 is 12.3 Å². The van der Waals surface area contributed by atoms with Gasteiger partial charge in [0.15, 0.2) is 5.82 Å². The quantitative estimate of drug-likeness (QED) is 0.541. The van der Waals surface area contributed by atoms with Gasteiger partial charge in [-0.3, -0.25) is 9.11 Å². The Morgan fingerprint density at radius 1 is 1.18 bits per heavy atom. The van der Waals surface area contributed by atoms with Crippen LogP contribution in [0.4, 0.5) is 23.7 Å². The molecule has 0 spiro atoms. The zero-order chi connectivity index (χ0) is 24.7. The monoisotopic (exact) mass is 483 g/mol. The standard InChI is InChI=1S/C21H24F3N5O3S/c1-7-33(31)15-8-12(28(5)19(30)32-20(2,3)4)10-26-17(15)18-27-13-9-16(21(22,23)24)25-11-14(13)29(18)6/h8-11H,7H2,1-6H3. The van der Waals surface area contributed by atoms with Crippen LogP contribution in [0.25, 0.3) is 22.6 Å². The maximum atomic E-state index is 13.1. The minimum absolute atomic E-state index is 0.0832. The second-order valence-corrected chi connectivity index (χ2v) is 9.97. The number of rotatable bonds is 4. The lowest BCUT2D eigenvalue weighted by atomic mass is 10.2. The van der Waals surface area contributed by atoms with Crippen LogP contribution in [0.2, 0.25) is 0 Å². The molecule has 0 saturated carbocycles. The Labute approximate surface area is 191 Å². The number of aromatic nitrogens is 4. The van der Waals surface area contributed by atoms with Gasteiger partial charge in [0.25, 0.3) is 0 Å². The summed E-state index contributed by atoms with van der Waals surface area (Å²) >= 11 is 0. The molecule has 3 heterocycles. The van der Waals surface area contributed by atoms with Gasteiger partial charge in [-0.15, -0.1) is 0 Å². The molecule has 0 N–H and O–H groups in total. The number of ether oxygens (including phenoxy) is 1. The first-order valence-electron chi connectivity index (χ1n) is 9.98. The van der Waals surface area contributed by atoms with E-state index in [1.807, 2.05) is 0 Å². The van der Waals surface area contributed by atoms with E-state index >= 15 is 0 Å². The van der Waals surface area contributed by atoms with Crippen molar-refractivity contribution in [1.29, 1.82) is 0 Å². The minimum Gasteiger partial charge on any atom is -0.443 e. The first kappa shape index (κ1) is 24.6. The highest BCUT2D eigenvalue weighted by Crippen LogP contribution is 2.33. The molecular weight excluding hydrogens is 459 g/mol. The molecular formula is C21H24F3N5O3S. The van der Waals surface area contributed by atoms with E-state index in [-0.39, 0.29) is 22.8 Å². The van der Waals surface area contributed by atoms with E-state index in [2.05, 4.69) is 15.0 Å². The lowest BCUT2D eigenvalue weighted by Gasteiger charge is -2.25. The number of carbonyl (C=O) groups excluding carboxylic acids is 1. The molecule has 1 atom stereocenters. The topological polar surface area (TPSA) is 90.2 Å². The average Bonchev–Trinajstić information content (AvgIpc) is 3.06. The molecule has 1 unspecified atom stereocenters. The molecule has 0 aliphatic rings. The predicted molar refractivity (Wildman–Crippen MR) is 118 cm³/mol. The van der Waals surface area contributed by atoms with Gasteiger partial charge < -0.3 is 9.30 Å². The maximum absolute atomic E-state index is 13.1. The molecule has 12 heteroatoms. The van der Waals surface area contributed by atoms with Crippen LogP contribution in [-0.2, 0) is 28.8 Å². The minimum atomic E-state index is -4.60. The maximum Gasteiger partial charge on any atom is 0.433 e. The van der Waals surface area contributed by atoms with Crippen molar-refractivity contribution in [2.75, 3.05) is 17.7 Å². The molecule has 3 aromatic rings. The fourth-order valence-corrected chi connectivity index (χ4v) is 3.93. The summed E-state index contributed by atoms with van der Waals surface area (Å²) < 4.78 is 58.9. The first-order chi connectivity index (χ1) is 15.2. The summed E-state index contributed by atoms with van der Waals surface area (Å²) in [5, 5.41) is 0. The van der Waals surface area contributed by atoms with Crippen LogP contribution in [0.3, 0.4) is 0 Å². The summed E-state index contributed by atoms with van der Waals surface area (Å²) in [6, 6.07) is 2.41. The van der Waals surface area contributed by atoms with Crippen LogP contribution in [0, 0.1) is 0 Å². The van der Waals surface area contributed by atoms with E-state index in [0.29, 0.717) is 16.1 Å². The van der Waals surface area contributed by atoms with Gasteiger partial charge in [-0.25, -0.2) is 19.7 Å². The molecule has 0 aliphatic heterocycles. The third kappa shape index (κ3) is 5.15. The van der Waals surface area contributed by atoms with Crippen molar-refractivity contribution >= 4 is 33.6 Å². The van der Waals surface area contributed by atoms with Crippen molar-refractivity contribution in [2.45, 2.75) is 44.4 Å². The van der Waals surface area contributed by atoms with E-state index in [4.69, 9.17) is 4.74 Å². The van der Waals surface area contributed by atoms with Gasteiger partial charge in [-0.1, -0.05) is 6.92 Å². The van der Waals surface area contributed by atoms with Gasteiger partial charge in [-0.2, -0.15) is 13.2 Å². The molecule has 0 aromatic carbocycles. The summed E-state index contributed by atoms with van der Waals surface area (Å²) in [4.78, 5) is 26.1. The lowest BCUT2D eigenvalue weighted by Crippen LogP contribution is -2.34. The molecule has 0 radical (unpaired) electrons. The Kier molecular flexibility index (Phi) is 6.51. The van der Waals surface area contributed by atoms with Crippen LogP contribution >= 0.6 is 0 Å². The Balaban J connectivity index is 2.11. The number of imidazole rings is 1. The highest BCUT2D eigenvalue weighted by atomic mass is 32.2. The third-order valence-electron chi connectivity index (χ3n) is 4.67. The number of fused-ring (bicyclic) bond motifs is 1. The van der Waals surface area contributed by atoms with E-state index in [9.17, 15) is 22.2 Å². The molecule has 0 saturated heterocycles. The number of anilines is 1. The zero-order valence-electron chi connectivity index (χ0n) is 19.0. The number of halogens is 3. The number of hydrogen-bond donors (Lipinski definition) is 0. The van der Waals surface area contributed by atoms with Crippen LogP contribution in [0.5, 0.6) is 0 Å². The molecule has 0 bridgehead atoms. The Bertz CT molecular complexity index is 1230. The van der Waals surface area contributed by atoms with Crippen LogP contribution in [0.15, 0.2) is 29.4 Å². The molecule has 8 nitrogen and oxygen atoms in total. The molecule has 33 heavy (non-hydrogen) atoms. The Morgan fingerprint density at radius 3 is 2.42 bits per heavy atom. The number of nitrogens with zero attached hydrogens (tertiary/aromatic N) is 5. The third-order valence-corrected chi connectivity index (χ3v) is 6.00. The second-order valence-electron chi connectivity index (χ2n) is 8.26. The summed E-state index contributed by atoms with van der Waals surface area (Å²) in [6.07, 6.45) is -2.73. The highest BCUT2D eigenvalue weighted by molar-refractivity contribution is 7.85. The normalized spacial score (nSPS) is 13.2.